The number of hydrogen-bond donors (Lipinski definition) is 0. The molecule has 1 unspecified atom stereocenters. The van der Waals surface area contributed by atoms with Gasteiger partial charge in [0, 0.05) is 38.1 Å². The van der Waals surface area contributed by atoms with E-state index in [0.717, 1.165) is 29.4 Å². The van der Waals surface area contributed by atoms with E-state index in [1.54, 1.807) is 27.7 Å². The Morgan fingerprint density at radius 1 is 1.47 bits per heavy atom. The normalized spacial score (nSPS) is 18.7. The summed E-state index contributed by atoms with van der Waals surface area (Å²) in [7, 11) is 6.00. The fourth-order valence-electron chi connectivity index (χ4n) is 1.96. The minimum atomic E-state index is -0.823. The van der Waals surface area contributed by atoms with Crippen LogP contribution in [0.4, 0.5) is 0 Å². The third-order valence-corrected chi connectivity index (χ3v) is 3.48. The summed E-state index contributed by atoms with van der Waals surface area (Å²) in [5, 5.41) is 0. The monoisotopic (exact) mass is 232 g/mol. The van der Waals surface area contributed by atoms with Gasteiger partial charge in [0.1, 0.15) is 6.10 Å². The lowest BCUT2D eigenvalue weighted by atomic mass is 10.2. The maximum absolute atomic E-state index is 5.52. The molecule has 88 valence electrons. The van der Waals surface area contributed by atoms with Crippen molar-refractivity contribution in [3.8, 4) is 0 Å². The molecule has 0 aromatic rings. The molecule has 0 aliphatic carbocycles. The average molecular weight is 232 g/mol. The quantitative estimate of drug-likeness (QED) is 0.439. The van der Waals surface area contributed by atoms with Crippen molar-refractivity contribution in [2.24, 2.45) is 4.99 Å². The summed E-state index contributed by atoms with van der Waals surface area (Å²) in [6, 6.07) is 0.947. The highest BCUT2D eigenvalue weighted by atomic mass is 28.1. The Labute approximate surface area is 93.8 Å². The average Bonchev–Trinajstić information content (AvgIpc) is 2.80. The molecule has 0 aromatic heterocycles. The first-order valence-corrected chi connectivity index (χ1v) is 6.56. The second-order valence-electron chi connectivity index (χ2n) is 3.39. The van der Waals surface area contributed by atoms with E-state index in [9.17, 15) is 0 Å². The van der Waals surface area contributed by atoms with Crippen LogP contribution in [0.25, 0.3) is 0 Å². The highest BCUT2D eigenvalue weighted by molar-refractivity contribution is 6.08. The second-order valence-corrected chi connectivity index (χ2v) is 4.20. The maximum Gasteiger partial charge on any atom is 0.279 e. The molecule has 0 saturated carbocycles. The zero-order valence-corrected chi connectivity index (χ0v) is 11.9. The Hall–Kier alpha value is -0.433. The van der Waals surface area contributed by atoms with Gasteiger partial charge in [0.05, 0.1) is 12.9 Å². The number of nitrogens with zero attached hydrogens (tertiary/aromatic N) is 2. The molecule has 0 saturated heterocycles. The zero-order valence-electron chi connectivity index (χ0n) is 9.90. The van der Waals surface area contributed by atoms with E-state index >= 15 is 0 Å². The third kappa shape index (κ3) is 2.22. The van der Waals surface area contributed by atoms with Gasteiger partial charge in [-0.2, -0.15) is 0 Å². The number of rotatable bonds is 6. The minimum Gasteiger partial charge on any atom is -0.374 e. The minimum absolute atomic E-state index is 0.0799. The molecule has 15 heavy (non-hydrogen) atoms. The Balaban J connectivity index is 2.88. The summed E-state index contributed by atoms with van der Waals surface area (Å²) < 4.78 is 16.5. The lowest BCUT2D eigenvalue weighted by molar-refractivity contribution is -0.316. The summed E-state index contributed by atoms with van der Waals surface area (Å²) >= 11 is 0. The third-order valence-electron chi connectivity index (χ3n) is 2.74. The van der Waals surface area contributed by atoms with Crippen LogP contribution in [0.2, 0.25) is 6.04 Å². The molecule has 5 nitrogen and oxygen atoms in total. The van der Waals surface area contributed by atoms with Crippen molar-refractivity contribution in [1.82, 2.24) is 4.90 Å². The standard InChI is InChI=1S/C9H20N2O3Si/c1-12-8(6-15)9(13-2,14-3)11-5-4-10-7-11/h7-8H,4-6H2,1-3,15H3. The first-order chi connectivity index (χ1) is 7.25. The van der Waals surface area contributed by atoms with E-state index in [1.807, 2.05) is 4.90 Å². The zero-order chi connectivity index (χ0) is 11.3. The summed E-state index contributed by atoms with van der Waals surface area (Å²) in [5.74, 6) is -0.823. The van der Waals surface area contributed by atoms with Gasteiger partial charge in [-0.15, -0.1) is 0 Å². The summed E-state index contributed by atoms with van der Waals surface area (Å²) in [5.41, 5.74) is 0. The van der Waals surface area contributed by atoms with Crippen LogP contribution in [0.3, 0.4) is 0 Å². The van der Waals surface area contributed by atoms with Crippen LogP contribution in [0.5, 0.6) is 0 Å². The lowest BCUT2D eigenvalue weighted by Crippen LogP contribution is -2.59. The number of aliphatic imine (C=N–C) groups is 1. The van der Waals surface area contributed by atoms with E-state index in [2.05, 4.69) is 4.99 Å². The van der Waals surface area contributed by atoms with Crippen molar-refractivity contribution in [1.29, 1.82) is 0 Å². The van der Waals surface area contributed by atoms with Gasteiger partial charge in [0.15, 0.2) is 0 Å². The highest BCUT2D eigenvalue weighted by Gasteiger charge is 2.44. The van der Waals surface area contributed by atoms with Gasteiger partial charge in [-0.05, 0) is 6.04 Å². The first kappa shape index (κ1) is 12.6. The van der Waals surface area contributed by atoms with E-state index in [4.69, 9.17) is 14.2 Å². The Bertz CT molecular complexity index is 217. The number of hydrogen-bond acceptors (Lipinski definition) is 5. The van der Waals surface area contributed by atoms with Crippen LogP contribution in [0.1, 0.15) is 0 Å². The smallest absolute Gasteiger partial charge is 0.279 e. The summed E-state index contributed by atoms with van der Waals surface area (Å²) in [4.78, 5) is 6.13. The van der Waals surface area contributed by atoms with Gasteiger partial charge >= 0.3 is 0 Å². The first-order valence-electron chi connectivity index (χ1n) is 5.15. The van der Waals surface area contributed by atoms with E-state index in [1.165, 1.54) is 0 Å². The summed E-state index contributed by atoms with van der Waals surface area (Å²) in [6.07, 6.45) is 1.69. The van der Waals surface area contributed by atoms with Gasteiger partial charge in [-0.1, -0.05) is 0 Å². The molecule has 0 amide bonds. The Kier molecular flexibility index (Phi) is 4.71. The molecule has 0 spiro atoms. The van der Waals surface area contributed by atoms with Gasteiger partial charge in [-0.25, -0.2) is 0 Å². The molecular weight excluding hydrogens is 212 g/mol. The van der Waals surface area contributed by atoms with Gasteiger partial charge in [-0.3, -0.25) is 4.99 Å². The molecule has 0 fully saturated rings. The van der Waals surface area contributed by atoms with Crippen LogP contribution in [-0.2, 0) is 14.2 Å². The van der Waals surface area contributed by atoms with E-state index in [-0.39, 0.29) is 6.10 Å². The van der Waals surface area contributed by atoms with Crippen molar-refractivity contribution in [2.75, 3.05) is 34.4 Å². The second kappa shape index (κ2) is 5.60. The predicted molar refractivity (Wildman–Crippen MR) is 62.4 cm³/mol. The highest BCUT2D eigenvalue weighted by Crippen LogP contribution is 2.26. The fourth-order valence-corrected chi connectivity index (χ4v) is 2.80. The van der Waals surface area contributed by atoms with Crippen LogP contribution < -0.4 is 0 Å². The van der Waals surface area contributed by atoms with Crippen LogP contribution in [0, 0.1) is 0 Å². The van der Waals surface area contributed by atoms with E-state index < -0.39 is 5.91 Å². The van der Waals surface area contributed by atoms with Crippen molar-refractivity contribution >= 4 is 16.6 Å². The molecule has 0 bridgehead atoms. The largest absolute Gasteiger partial charge is 0.374 e. The van der Waals surface area contributed by atoms with E-state index in [0.29, 0.717) is 0 Å². The summed E-state index contributed by atoms with van der Waals surface area (Å²) in [6.45, 7) is 1.59. The molecule has 0 N–H and O–H groups in total. The molecule has 1 heterocycles. The Morgan fingerprint density at radius 3 is 2.47 bits per heavy atom. The van der Waals surface area contributed by atoms with Gasteiger partial charge in [0.25, 0.3) is 5.91 Å². The fraction of sp³-hybridized carbons (Fsp3) is 0.889. The molecule has 1 aliphatic heterocycles. The molecular formula is C9H20N2O3Si. The lowest BCUT2D eigenvalue weighted by Gasteiger charge is -2.42. The molecule has 1 atom stereocenters. The van der Waals surface area contributed by atoms with Crippen LogP contribution >= 0.6 is 0 Å². The molecule has 1 aliphatic rings. The van der Waals surface area contributed by atoms with Crippen molar-refractivity contribution in [3.05, 3.63) is 0 Å². The van der Waals surface area contributed by atoms with Crippen molar-refractivity contribution in [3.63, 3.8) is 0 Å². The van der Waals surface area contributed by atoms with Crippen molar-refractivity contribution < 1.29 is 14.2 Å². The Morgan fingerprint density at radius 2 is 2.13 bits per heavy atom. The van der Waals surface area contributed by atoms with Crippen LogP contribution in [-0.4, -0.2) is 67.9 Å². The SMILES string of the molecule is COC(C[SiH3])C(OC)(OC)N1C=NCC1. The molecule has 0 radical (unpaired) electrons. The topological polar surface area (TPSA) is 43.3 Å². The van der Waals surface area contributed by atoms with Gasteiger partial charge in [0.2, 0.25) is 0 Å². The number of methoxy groups -OCH3 is 3. The van der Waals surface area contributed by atoms with Crippen molar-refractivity contribution in [2.45, 2.75) is 18.1 Å². The molecule has 1 rings (SSSR count). The van der Waals surface area contributed by atoms with Crippen LogP contribution in [0.15, 0.2) is 4.99 Å². The number of ether oxygens (including phenoxy) is 3. The molecule has 6 heteroatoms. The predicted octanol–water partition coefficient (Wildman–Crippen LogP) is -0.924. The maximum atomic E-state index is 5.52. The molecule has 0 aromatic carbocycles. The van der Waals surface area contributed by atoms with Gasteiger partial charge < -0.3 is 19.1 Å².